The molecule has 39 heavy (non-hydrogen) atoms. The maximum atomic E-state index is 12.8. The third-order valence-corrected chi connectivity index (χ3v) is 5.63. The molecule has 0 aromatic heterocycles. The summed E-state index contributed by atoms with van der Waals surface area (Å²) in [4.78, 5) is 12.4. The number of halogens is 3. The molecule has 0 aliphatic carbocycles. The Morgan fingerprint density at radius 3 is 1.67 bits per heavy atom. The van der Waals surface area contributed by atoms with Gasteiger partial charge in [0.05, 0.1) is 46.8 Å². The number of nitrogens with one attached hydrogen (secondary N) is 1. The minimum absolute atomic E-state index is 0.118. The molecule has 206 valence electrons. The van der Waals surface area contributed by atoms with Crippen LogP contribution in [0, 0.1) is 0 Å². The van der Waals surface area contributed by atoms with Gasteiger partial charge in [0, 0.05) is 17.8 Å². The summed E-state index contributed by atoms with van der Waals surface area (Å²) in [5, 5.41) is 2.99. The lowest BCUT2D eigenvalue weighted by Gasteiger charge is -2.14. The molecular weight excluding hydrogens is 515 g/mol. The van der Waals surface area contributed by atoms with E-state index in [2.05, 4.69) is 5.32 Å². The van der Waals surface area contributed by atoms with Gasteiger partial charge >= 0.3 is 6.18 Å². The van der Waals surface area contributed by atoms with Gasteiger partial charge in [-0.2, -0.15) is 13.2 Å². The van der Waals surface area contributed by atoms with Crippen LogP contribution < -0.4 is 29.0 Å². The average Bonchev–Trinajstić information content (AvgIpc) is 2.94. The molecule has 0 saturated heterocycles. The van der Waals surface area contributed by atoms with Gasteiger partial charge in [-0.15, -0.1) is 0 Å². The number of hydrogen-bond acceptors (Lipinski definition) is 7. The second kappa shape index (κ2) is 12.8. The second-order valence-corrected chi connectivity index (χ2v) is 8.01. The summed E-state index contributed by atoms with van der Waals surface area (Å²) in [6, 6.07) is 11.2. The largest absolute Gasteiger partial charge is 0.493 e. The molecule has 3 aromatic carbocycles. The number of allylic oxidation sites excluding steroid dienone is 1. The predicted octanol–water partition coefficient (Wildman–Crippen LogP) is 6.73. The first-order valence-corrected chi connectivity index (χ1v) is 11.5. The summed E-state index contributed by atoms with van der Waals surface area (Å²) in [6.07, 6.45) is 1.81. The van der Waals surface area contributed by atoms with Gasteiger partial charge in [-0.25, -0.2) is 0 Å². The molecule has 0 radical (unpaired) electrons. The van der Waals surface area contributed by atoms with Crippen molar-refractivity contribution in [3.05, 3.63) is 83.1 Å². The molecule has 0 atom stereocenters. The number of alkyl halides is 3. The Morgan fingerprint density at radius 2 is 1.21 bits per heavy atom. The third kappa shape index (κ3) is 7.04. The van der Waals surface area contributed by atoms with Crippen LogP contribution >= 0.6 is 0 Å². The Kier molecular flexibility index (Phi) is 9.48. The van der Waals surface area contributed by atoms with Gasteiger partial charge in [-0.3, -0.25) is 4.79 Å². The van der Waals surface area contributed by atoms with Crippen molar-refractivity contribution in [1.82, 2.24) is 0 Å². The molecule has 0 bridgehead atoms. The first-order chi connectivity index (χ1) is 18.6. The Hall–Kier alpha value is -4.60. The van der Waals surface area contributed by atoms with Gasteiger partial charge in [0.2, 0.25) is 5.75 Å². The predicted molar refractivity (Wildman–Crippen MR) is 143 cm³/mol. The fraction of sp³-hybridized carbons (Fsp3) is 0.207. The number of benzene rings is 3. The lowest BCUT2D eigenvalue weighted by molar-refractivity contribution is -0.137. The molecule has 0 saturated carbocycles. The molecule has 10 heteroatoms. The van der Waals surface area contributed by atoms with Crippen LogP contribution in [0.4, 0.5) is 18.9 Å². The Balaban J connectivity index is 1.86. The molecule has 0 aliphatic rings. The van der Waals surface area contributed by atoms with E-state index in [1.165, 1.54) is 47.8 Å². The van der Waals surface area contributed by atoms with E-state index in [4.69, 9.17) is 23.7 Å². The molecule has 1 N–H and O–H groups in total. The monoisotopic (exact) mass is 543 g/mol. The van der Waals surface area contributed by atoms with Crippen molar-refractivity contribution in [3.8, 4) is 28.7 Å². The molecule has 0 heterocycles. The van der Waals surface area contributed by atoms with Gasteiger partial charge in [0.25, 0.3) is 0 Å². The van der Waals surface area contributed by atoms with E-state index in [9.17, 15) is 18.0 Å². The topological polar surface area (TPSA) is 75.3 Å². The number of methoxy groups -OCH3 is 5. The van der Waals surface area contributed by atoms with Gasteiger partial charge in [0.15, 0.2) is 28.8 Å². The summed E-state index contributed by atoms with van der Waals surface area (Å²) in [7, 11) is 7.57. The quantitative estimate of drug-likeness (QED) is 0.163. The minimum atomic E-state index is -4.47. The van der Waals surface area contributed by atoms with Crippen LogP contribution in [0.15, 0.2) is 60.8 Å². The normalized spacial score (nSPS) is 11.5. The van der Waals surface area contributed by atoms with E-state index in [1.54, 1.807) is 24.3 Å². The standard InChI is InChI=1S/C29H28F3NO6/c1-35-24-15-18(6-7-19-16-25(36-2)28(39-5)26(17-19)37-3)14-22(27(24)38-4)33-13-12-23(34)20-8-10-21(11-9-20)29(30,31)32/h6-17,33H,1-5H3/b7-6-,13-12-. The highest BCUT2D eigenvalue weighted by Crippen LogP contribution is 2.40. The molecule has 0 unspecified atom stereocenters. The first-order valence-electron chi connectivity index (χ1n) is 11.5. The number of carbonyl (C=O) groups is 1. The third-order valence-electron chi connectivity index (χ3n) is 5.63. The zero-order valence-electron chi connectivity index (χ0n) is 22.0. The van der Waals surface area contributed by atoms with Crippen LogP contribution in [0.2, 0.25) is 0 Å². The van der Waals surface area contributed by atoms with Crippen molar-refractivity contribution in [1.29, 1.82) is 0 Å². The summed E-state index contributed by atoms with van der Waals surface area (Å²) >= 11 is 0. The van der Waals surface area contributed by atoms with Crippen LogP contribution in [-0.2, 0) is 6.18 Å². The zero-order valence-corrected chi connectivity index (χ0v) is 22.0. The van der Waals surface area contributed by atoms with Crippen LogP contribution in [0.25, 0.3) is 12.2 Å². The molecule has 3 rings (SSSR count). The lowest BCUT2D eigenvalue weighted by atomic mass is 10.1. The maximum Gasteiger partial charge on any atom is 0.416 e. The summed E-state index contributed by atoms with van der Waals surface area (Å²) in [5.74, 6) is 1.86. The highest BCUT2D eigenvalue weighted by molar-refractivity contribution is 6.04. The molecule has 3 aromatic rings. The van der Waals surface area contributed by atoms with Gasteiger partial charge in [-0.1, -0.05) is 24.3 Å². The smallest absolute Gasteiger partial charge is 0.416 e. The highest BCUT2D eigenvalue weighted by atomic mass is 19.4. The van der Waals surface area contributed by atoms with Gasteiger partial charge in [-0.05, 0) is 47.5 Å². The SMILES string of the molecule is COc1cc(/C=C\c2cc(OC)c(OC)c(OC)c2)cc(N/C=C\C(=O)c2ccc(C(F)(F)F)cc2)c1OC. The Bertz CT molecular complexity index is 1340. The molecule has 0 aliphatic heterocycles. The van der Waals surface area contributed by atoms with Crippen LogP contribution in [0.1, 0.15) is 27.0 Å². The number of anilines is 1. The minimum Gasteiger partial charge on any atom is -0.493 e. The average molecular weight is 544 g/mol. The van der Waals surface area contributed by atoms with Gasteiger partial charge < -0.3 is 29.0 Å². The van der Waals surface area contributed by atoms with Crippen LogP contribution in [0.5, 0.6) is 28.7 Å². The van der Waals surface area contributed by atoms with E-state index in [1.807, 2.05) is 12.2 Å². The second-order valence-electron chi connectivity index (χ2n) is 8.01. The number of ether oxygens (including phenoxy) is 5. The first kappa shape index (κ1) is 29.0. The summed E-state index contributed by atoms with van der Waals surface area (Å²) in [5.41, 5.74) is 1.32. The number of ketones is 1. The van der Waals surface area contributed by atoms with Crippen molar-refractivity contribution in [2.75, 3.05) is 40.9 Å². The zero-order chi connectivity index (χ0) is 28.6. The maximum absolute atomic E-state index is 12.8. The lowest BCUT2D eigenvalue weighted by Crippen LogP contribution is -2.05. The van der Waals surface area contributed by atoms with Crippen molar-refractivity contribution in [2.45, 2.75) is 6.18 Å². The van der Waals surface area contributed by atoms with E-state index in [0.29, 0.717) is 34.4 Å². The molecule has 7 nitrogen and oxygen atoms in total. The van der Waals surface area contributed by atoms with E-state index in [0.717, 1.165) is 35.4 Å². The summed E-state index contributed by atoms with van der Waals surface area (Å²) in [6.45, 7) is 0. The number of rotatable bonds is 11. The number of carbonyl (C=O) groups excluding carboxylic acids is 1. The fourth-order valence-electron chi connectivity index (χ4n) is 3.71. The summed E-state index contributed by atoms with van der Waals surface area (Å²) < 4.78 is 65.4. The van der Waals surface area contributed by atoms with Crippen molar-refractivity contribution < 1.29 is 41.7 Å². The van der Waals surface area contributed by atoms with E-state index < -0.39 is 17.5 Å². The molecule has 0 fully saturated rings. The molecular formula is C29H28F3NO6. The van der Waals surface area contributed by atoms with Crippen LogP contribution in [0.3, 0.4) is 0 Å². The van der Waals surface area contributed by atoms with E-state index in [-0.39, 0.29) is 5.56 Å². The van der Waals surface area contributed by atoms with Crippen molar-refractivity contribution in [2.24, 2.45) is 0 Å². The molecule has 0 spiro atoms. The Morgan fingerprint density at radius 1 is 0.718 bits per heavy atom. The number of hydrogen-bond donors (Lipinski definition) is 1. The van der Waals surface area contributed by atoms with Crippen molar-refractivity contribution in [3.63, 3.8) is 0 Å². The molecule has 0 amide bonds. The Labute approximate surface area is 224 Å². The highest BCUT2D eigenvalue weighted by Gasteiger charge is 2.30. The van der Waals surface area contributed by atoms with Gasteiger partial charge in [0.1, 0.15) is 0 Å². The van der Waals surface area contributed by atoms with Crippen molar-refractivity contribution >= 4 is 23.6 Å². The van der Waals surface area contributed by atoms with Crippen LogP contribution in [-0.4, -0.2) is 41.3 Å². The fourth-order valence-corrected chi connectivity index (χ4v) is 3.71. The van der Waals surface area contributed by atoms with E-state index >= 15 is 0 Å².